The number of rotatable bonds is 8. The van der Waals surface area contributed by atoms with Gasteiger partial charge in [0.2, 0.25) is 5.89 Å². The normalized spacial score (nSPS) is 10.6. The molecule has 25 heavy (non-hydrogen) atoms. The topological polar surface area (TPSA) is 57.4 Å². The Labute approximate surface area is 149 Å². The van der Waals surface area contributed by atoms with Crippen LogP contribution in [-0.2, 0) is 6.42 Å². The van der Waals surface area contributed by atoms with Gasteiger partial charge in [0.25, 0.3) is 5.22 Å². The number of halogens is 1. The highest BCUT2D eigenvalue weighted by Crippen LogP contribution is 2.19. The molecule has 1 aromatic heterocycles. The van der Waals surface area contributed by atoms with E-state index in [1.54, 1.807) is 19.2 Å². The molecule has 0 aliphatic heterocycles. The Morgan fingerprint density at radius 1 is 1.00 bits per heavy atom. The van der Waals surface area contributed by atoms with Crippen LogP contribution in [-0.4, -0.2) is 29.7 Å². The number of thioether (sulfide) groups is 1. The third-order valence-corrected chi connectivity index (χ3v) is 4.14. The predicted molar refractivity (Wildman–Crippen MR) is 92.7 cm³/mol. The first-order chi connectivity index (χ1) is 12.2. The van der Waals surface area contributed by atoms with Gasteiger partial charge in [0, 0.05) is 5.75 Å². The SMILES string of the molecule is COc1ccc(Cc2nnc(SCCOc3ccc(F)cc3)o2)cc1. The molecule has 0 atom stereocenters. The summed E-state index contributed by atoms with van der Waals surface area (Å²) in [5, 5.41) is 8.57. The van der Waals surface area contributed by atoms with E-state index in [0.29, 0.717) is 35.6 Å². The fourth-order valence-electron chi connectivity index (χ4n) is 2.11. The van der Waals surface area contributed by atoms with Crippen LogP contribution in [0.15, 0.2) is 58.2 Å². The second-order valence-corrected chi connectivity index (χ2v) is 6.18. The monoisotopic (exact) mass is 360 g/mol. The van der Waals surface area contributed by atoms with Crippen molar-refractivity contribution in [2.45, 2.75) is 11.6 Å². The zero-order valence-corrected chi connectivity index (χ0v) is 14.5. The molecule has 0 fully saturated rings. The van der Waals surface area contributed by atoms with E-state index in [4.69, 9.17) is 13.9 Å². The maximum Gasteiger partial charge on any atom is 0.276 e. The summed E-state index contributed by atoms with van der Waals surface area (Å²) < 4.78 is 29.1. The minimum absolute atomic E-state index is 0.281. The van der Waals surface area contributed by atoms with E-state index in [0.717, 1.165) is 11.3 Å². The molecular formula is C18H17FN2O3S. The second-order valence-electron chi connectivity index (χ2n) is 5.14. The minimum Gasteiger partial charge on any atom is -0.497 e. The molecule has 3 aromatic rings. The van der Waals surface area contributed by atoms with E-state index in [1.807, 2.05) is 24.3 Å². The highest BCUT2D eigenvalue weighted by molar-refractivity contribution is 7.99. The number of aromatic nitrogens is 2. The molecule has 0 aliphatic carbocycles. The molecule has 3 rings (SSSR count). The molecule has 0 saturated carbocycles. The summed E-state index contributed by atoms with van der Waals surface area (Å²) >= 11 is 1.42. The van der Waals surface area contributed by atoms with Gasteiger partial charge in [-0.3, -0.25) is 0 Å². The van der Waals surface area contributed by atoms with E-state index in [1.165, 1.54) is 23.9 Å². The van der Waals surface area contributed by atoms with Crippen molar-refractivity contribution in [1.29, 1.82) is 0 Å². The van der Waals surface area contributed by atoms with Crippen molar-refractivity contribution >= 4 is 11.8 Å². The second kappa shape index (κ2) is 8.53. The lowest BCUT2D eigenvalue weighted by Gasteiger charge is -2.04. The largest absolute Gasteiger partial charge is 0.497 e. The van der Waals surface area contributed by atoms with Crippen LogP contribution >= 0.6 is 11.8 Å². The van der Waals surface area contributed by atoms with Crippen molar-refractivity contribution in [3.8, 4) is 11.5 Å². The van der Waals surface area contributed by atoms with Crippen molar-refractivity contribution in [2.24, 2.45) is 0 Å². The summed E-state index contributed by atoms with van der Waals surface area (Å²) in [5.41, 5.74) is 1.07. The molecule has 0 unspecified atom stereocenters. The third kappa shape index (κ3) is 5.22. The molecule has 2 aromatic carbocycles. The van der Waals surface area contributed by atoms with Gasteiger partial charge in [0.15, 0.2) is 0 Å². The molecule has 0 radical (unpaired) electrons. The lowest BCUT2D eigenvalue weighted by Crippen LogP contribution is -1.99. The number of nitrogens with zero attached hydrogens (tertiary/aromatic N) is 2. The fraction of sp³-hybridized carbons (Fsp3) is 0.222. The Morgan fingerprint density at radius 3 is 2.44 bits per heavy atom. The van der Waals surface area contributed by atoms with Crippen LogP contribution in [0.5, 0.6) is 11.5 Å². The molecule has 5 nitrogen and oxygen atoms in total. The van der Waals surface area contributed by atoms with Gasteiger partial charge in [0.05, 0.1) is 20.1 Å². The zero-order valence-electron chi connectivity index (χ0n) is 13.6. The first-order valence-corrected chi connectivity index (χ1v) is 8.68. The van der Waals surface area contributed by atoms with Crippen LogP contribution in [0.1, 0.15) is 11.5 Å². The molecule has 7 heteroatoms. The number of ether oxygens (including phenoxy) is 2. The summed E-state index contributed by atoms with van der Waals surface area (Å²) in [6.45, 7) is 0.465. The first kappa shape index (κ1) is 17.3. The summed E-state index contributed by atoms with van der Waals surface area (Å²) in [4.78, 5) is 0. The first-order valence-electron chi connectivity index (χ1n) is 7.69. The maximum atomic E-state index is 12.8. The molecule has 1 heterocycles. The van der Waals surface area contributed by atoms with Crippen LogP contribution in [0.25, 0.3) is 0 Å². The lowest BCUT2D eigenvalue weighted by atomic mass is 10.1. The number of methoxy groups -OCH3 is 1. The van der Waals surface area contributed by atoms with Gasteiger partial charge in [-0.2, -0.15) is 0 Å². The molecule has 0 aliphatic rings. The Kier molecular flexibility index (Phi) is 5.90. The van der Waals surface area contributed by atoms with Crippen molar-refractivity contribution in [2.75, 3.05) is 19.5 Å². The van der Waals surface area contributed by atoms with Gasteiger partial charge >= 0.3 is 0 Å². The van der Waals surface area contributed by atoms with Crippen molar-refractivity contribution < 1.29 is 18.3 Å². The van der Waals surface area contributed by atoms with Gasteiger partial charge < -0.3 is 13.9 Å². The van der Waals surface area contributed by atoms with E-state index >= 15 is 0 Å². The average molecular weight is 360 g/mol. The molecule has 0 amide bonds. The van der Waals surface area contributed by atoms with Crippen LogP contribution in [0, 0.1) is 5.82 Å². The molecular weight excluding hydrogens is 343 g/mol. The van der Waals surface area contributed by atoms with Gasteiger partial charge in [-0.05, 0) is 42.0 Å². The van der Waals surface area contributed by atoms with Crippen LogP contribution in [0.4, 0.5) is 4.39 Å². The average Bonchev–Trinajstić information content (AvgIpc) is 3.08. The number of benzene rings is 2. The minimum atomic E-state index is -0.281. The lowest BCUT2D eigenvalue weighted by molar-refractivity contribution is 0.342. The summed E-state index contributed by atoms with van der Waals surface area (Å²) in [6, 6.07) is 13.7. The Balaban J connectivity index is 1.44. The number of hydrogen-bond acceptors (Lipinski definition) is 6. The standard InChI is InChI=1S/C18H17FN2O3S/c1-22-15-6-2-13(3-7-15)12-17-20-21-18(24-17)25-11-10-23-16-8-4-14(19)5-9-16/h2-9H,10-12H2,1H3. The van der Waals surface area contributed by atoms with Crippen molar-refractivity contribution in [3.05, 3.63) is 65.8 Å². The molecule has 0 saturated heterocycles. The fourth-order valence-corrected chi connectivity index (χ4v) is 2.70. The van der Waals surface area contributed by atoms with Gasteiger partial charge in [-0.15, -0.1) is 10.2 Å². The van der Waals surface area contributed by atoms with Crippen LogP contribution < -0.4 is 9.47 Å². The summed E-state index contributed by atoms with van der Waals surface area (Å²) in [7, 11) is 1.64. The molecule has 0 bridgehead atoms. The van der Waals surface area contributed by atoms with Crippen molar-refractivity contribution in [3.63, 3.8) is 0 Å². The summed E-state index contributed by atoms with van der Waals surface area (Å²) in [5.74, 6) is 2.38. The quantitative estimate of drug-likeness (QED) is 0.447. The number of hydrogen-bond donors (Lipinski definition) is 0. The molecule has 0 spiro atoms. The van der Waals surface area contributed by atoms with E-state index in [-0.39, 0.29) is 5.82 Å². The highest BCUT2D eigenvalue weighted by atomic mass is 32.2. The van der Waals surface area contributed by atoms with E-state index in [2.05, 4.69) is 10.2 Å². The van der Waals surface area contributed by atoms with Crippen LogP contribution in [0.3, 0.4) is 0 Å². The summed E-state index contributed by atoms with van der Waals surface area (Å²) in [6.07, 6.45) is 0.573. The van der Waals surface area contributed by atoms with Gasteiger partial charge in [0.1, 0.15) is 17.3 Å². The highest BCUT2D eigenvalue weighted by Gasteiger charge is 2.08. The Morgan fingerprint density at radius 2 is 1.72 bits per heavy atom. The van der Waals surface area contributed by atoms with E-state index < -0.39 is 0 Å². The van der Waals surface area contributed by atoms with Crippen molar-refractivity contribution in [1.82, 2.24) is 10.2 Å². The van der Waals surface area contributed by atoms with E-state index in [9.17, 15) is 4.39 Å². The molecule has 0 N–H and O–H groups in total. The zero-order chi connectivity index (χ0) is 17.5. The van der Waals surface area contributed by atoms with Crippen LogP contribution in [0.2, 0.25) is 0 Å². The van der Waals surface area contributed by atoms with Gasteiger partial charge in [-0.1, -0.05) is 23.9 Å². The maximum absolute atomic E-state index is 12.8. The van der Waals surface area contributed by atoms with Gasteiger partial charge in [-0.25, -0.2) is 4.39 Å². The predicted octanol–water partition coefficient (Wildman–Crippen LogP) is 3.98. The third-order valence-electron chi connectivity index (χ3n) is 3.35. The molecule has 130 valence electrons. The smallest absolute Gasteiger partial charge is 0.276 e. The Hall–Kier alpha value is -2.54. The Bertz CT molecular complexity index is 791.